The number of hydrogen-bond acceptors (Lipinski definition) is 6. The van der Waals surface area contributed by atoms with Crippen molar-refractivity contribution in [3.05, 3.63) is 54.9 Å². The Balaban J connectivity index is 2.34. The van der Waals surface area contributed by atoms with Crippen LogP contribution in [0.1, 0.15) is 13.3 Å². The van der Waals surface area contributed by atoms with Crippen LogP contribution >= 0.6 is 22.6 Å². The number of benzene rings is 1. The van der Waals surface area contributed by atoms with Crippen LogP contribution in [0.4, 0.5) is 0 Å². The second-order valence-corrected chi connectivity index (χ2v) is 7.35. The number of nitrogens with zero attached hydrogens (tertiary/aromatic N) is 2. The molecule has 2 aromatic rings. The van der Waals surface area contributed by atoms with E-state index < -0.39 is 48.2 Å². The number of carbonyl (C=O) groups is 3. The third-order valence-electron chi connectivity index (χ3n) is 3.95. The highest BCUT2D eigenvalue weighted by atomic mass is 127. The molecule has 1 heterocycles. The summed E-state index contributed by atoms with van der Waals surface area (Å²) in [6.07, 6.45) is 0.639. The second-order valence-electron chi connectivity index (χ2n) is 6.10. The third-order valence-corrected chi connectivity index (χ3v) is 4.62. The quantitative estimate of drug-likeness (QED) is 0.396. The molecule has 0 saturated carbocycles. The number of methoxy groups -OCH3 is 1. The van der Waals surface area contributed by atoms with Crippen molar-refractivity contribution < 1.29 is 24.2 Å². The Labute approximate surface area is 183 Å². The van der Waals surface area contributed by atoms with Crippen LogP contribution < -0.4 is 26.6 Å². The molecule has 0 saturated heterocycles. The summed E-state index contributed by atoms with van der Waals surface area (Å²) < 4.78 is 8.05. The van der Waals surface area contributed by atoms with Crippen molar-refractivity contribution in [2.24, 2.45) is 0 Å². The first-order chi connectivity index (χ1) is 14.1. The van der Waals surface area contributed by atoms with Gasteiger partial charge in [0.1, 0.15) is 18.5 Å². The van der Waals surface area contributed by atoms with Gasteiger partial charge in [0.15, 0.2) is 0 Å². The normalized spacial score (nSPS) is 11.4. The molecule has 2 amide bonds. The molecule has 0 aliphatic heterocycles. The second kappa shape index (κ2) is 10.0. The fourth-order valence-corrected chi connectivity index (χ4v) is 3.08. The van der Waals surface area contributed by atoms with E-state index in [1.165, 1.54) is 17.9 Å². The molecular weight excluding hydrogens is 511 g/mol. The number of aliphatic carboxylic acids is 1. The minimum Gasteiger partial charge on any atom is -0.495 e. The van der Waals surface area contributed by atoms with E-state index in [4.69, 9.17) is 9.84 Å². The number of carbonyl (C=O) groups excluding carboxylic acids is 2. The zero-order valence-electron chi connectivity index (χ0n) is 16.0. The molecule has 0 spiro atoms. The molecule has 3 N–H and O–H groups in total. The van der Waals surface area contributed by atoms with Gasteiger partial charge < -0.3 is 20.5 Å². The van der Waals surface area contributed by atoms with Crippen LogP contribution in [0, 0.1) is 3.57 Å². The summed E-state index contributed by atoms with van der Waals surface area (Å²) in [5, 5.41) is 13.4. The van der Waals surface area contributed by atoms with Crippen molar-refractivity contribution in [1.29, 1.82) is 0 Å². The lowest BCUT2D eigenvalue weighted by molar-refractivity contribution is -0.140. The van der Waals surface area contributed by atoms with E-state index in [0.717, 1.165) is 21.1 Å². The van der Waals surface area contributed by atoms with E-state index >= 15 is 0 Å². The van der Waals surface area contributed by atoms with Gasteiger partial charge >= 0.3 is 11.7 Å². The van der Waals surface area contributed by atoms with Crippen LogP contribution in [0.3, 0.4) is 0 Å². The lowest BCUT2D eigenvalue weighted by Gasteiger charge is -2.17. The molecule has 2 rings (SSSR count). The molecule has 1 aromatic heterocycles. The van der Waals surface area contributed by atoms with Gasteiger partial charge in [0.2, 0.25) is 11.8 Å². The van der Waals surface area contributed by atoms with Crippen molar-refractivity contribution in [2.75, 3.05) is 7.11 Å². The van der Waals surface area contributed by atoms with Gasteiger partial charge in [-0.2, -0.15) is 0 Å². The predicted octanol–water partition coefficient (Wildman–Crippen LogP) is -0.334. The molecule has 0 radical (unpaired) electrons. The Hall–Kier alpha value is -3.16. The van der Waals surface area contributed by atoms with E-state index in [9.17, 15) is 24.0 Å². The number of nitrogens with one attached hydrogen (secondary N) is 2. The maximum Gasteiger partial charge on any atom is 0.337 e. The smallest absolute Gasteiger partial charge is 0.337 e. The number of hydrogen-bond donors (Lipinski definition) is 3. The molecule has 1 atom stereocenters. The Morgan fingerprint density at radius 2 is 1.93 bits per heavy atom. The summed E-state index contributed by atoms with van der Waals surface area (Å²) in [7, 11) is 1.44. The number of carboxylic acid groups (broad SMARTS) is 1. The van der Waals surface area contributed by atoms with Crippen LogP contribution in [-0.4, -0.2) is 45.2 Å². The van der Waals surface area contributed by atoms with Crippen LogP contribution in [0.15, 0.2) is 40.1 Å². The topological polar surface area (TPSA) is 149 Å². The fourth-order valence-electron chi connectivity index (χ4n) is 2.61. The lowest BCUT2D eigenvalue weighted by Crippen LogP contribution is -2.50. The number of carboxylic acids is 1. The van der Waals surface area contributed by atoms with Gasteiger partial charge in [-0.25, -0.2) is 9.36 Å². The summed E-state index contributed by atoms with van der Waals surface area (Å²) in [4.78, 5) is 59.4. The number of halogens is 1. The van der Waals surface area contributed by atoms with Crippen molar-refractivity contribution in [3.63, 3.8) is 0 Å². The summed E-state index contributed by atoms with van der Waals surface area (Å²) in [5.74, 6) is -2.34. The molecule has 0 aliphatic rings. The molecule has 30 heavy (non-hydrogen) atoms. The summed E-state index contributed by atoms with van der Waals surface area (Å²) in [5.41, 5.74) is -1.01. The number of amides is 2. The lowest BCUT2D eigenvalue weighted by atomic mass is 10.2. The molecular formula is C18H19IN4O7. The van der Waals surface area contributed by atoms with Crippen LogP contribution in [-0.2, 0) is 21.1 Å². The van der Waals surface area contributed by atoms with Gasteiger partial charge in [0, 0.05) is 22.8 Å². The molecule has 0 bridgehead atoms. The summed E-state index contributed by atoms with van der Waals surface area (Å²) in [6, 6.07) is 4.94. The Kier molecular flexibility index (Phi) is 7.74. The maximum absolute atomic E-state index is 12.9. The zero-order chi connectivity index (χ0) is 22.4. The third kappa shape index (κ3) is 5.68. The van der Waals surface area contributed by atoms with E-state index in [1.807, 2.05) is 0 Å². The van der Waals surface area contributed by atoms with E-state index in [2.05, 4.69) is 33.2 Å². The number of ether oxygens (including phenoxy) is 1. The number of rotatable bonds is 8. The van der Waals surface area contributed by atoms with Gasteiger partial charge in [-0.1, -0.05) is 0 Å². The molecule has 0 aliphatic carbocycles. The van der Waals surface area contributed by atoms with Gasteiger partial charge in [0.25, 0.3) is 5.56 Å². The van der Waals surface area contributed by atoms with Crippen molar-refractivity contribution in [2.45, 2.75) is 26.1 Å². The van der Waals surface area contributed by atoms with E-state index in [-0.39, 0.29) is 0 Å². The highest BCUT2D eigenvalue weighted by molar-refractivity contribution is 14.1. The van der Waals surface area contributed by atoms with E-state index in [1.54, 1.807) is 18.2 Å². The predicted molar refractivity (Wildman–Crippen MR) is 114 cm³/mol. The first kappa shape index (κ1) is 23.1. The fraction of sp³-hybridized carbons (Fsp3) is 0.278. The minimum atomic E-state index is -1.35. The summed E-state index contributed by atoms with van der Waals surface area (Å²) >= 11 is 2.06. The molecule has 1 unspecified atom stereocenters. The molecule has 12 heteroatoms. The standard InChI is InChI=1S/C18H19IN4O7/c1-10(24)21-12(8-16(26)27)17(28)20-9-23-15(25)5-6-22(18(23)29)13-7-11(19)3-4-14(13)30-2/h3-7,12H,8-9H2,1-2H3,(H,20,28)(H,21,24)(H,26,27). The Morgan fingerprint density at radius 1 is 1.23 bits per heavy atom. The van der Waals surface area contributed by atoms with Gasteiger partial charge in [-0.3, -0.25) is 23.7 Å². The summed E-state index contributed by atoms with van der Waals surface area (Å²) in [6.45, 7) is 0.621. The van der Waals surface area contributed by atoms with E-state index in [0.29, 0.717) is 11.4 Å². The van der Waals surface area contributed by atoms with Gasteiger partial charge in [-0.05, 0) is 40.8 Å². The van der Waals surface area contributed by atoms with Crippen molar-refractivity contribution in [3.8, 4) is 11.4 Å². The highest BCUT2D eigenvalue weighted by Gasteiger charge is 2.23. The zero-order valence-corrected chi connectivity index (χ0v) is 18.2. The minimum absolute atomic E-state index is 0.400. The average Bonchev–Trinajstić information content (AvgIpc) is 2.66. The molecule has 1 aromatic carbocycles. The Bertz CT molecular complexity index is 1080. The maximum atomic E-state index is 12.9. The van der Waals surface area contributed by atoms with Gasteiger partial charge in [-0.15, -0.1) is 0 Å². The van der Waals surface area contributed by atoms with Crippen LogP contribution in [0.5, 0.6) is 5.75 Å². The Morgan fingerprint density at radius 3 is 2.53 bits per heavy atom. The number of aromatic nitrogens is 2. The molecule has 11 nitrogen and oxygen atoms in total. The highest BCUT2D eigenvalue weighted by Crippen LogP contribution is 2.23. The molecule has 0 fully saturated rings. The largest absolute Gasteiger partial charge is 0.495 e. The monoisotopic (exact) mass is 530 g/mol. The average molecular weight is 530 g/mol. The van der Waals surface area contributed by atoms with Crippen LogP contribution in [0.25, 0.3) is 5.69 Å². The van der Waals surface area contributed by atoms with Gasteiger partial charge in [0.05, 0.1) is 19.2 Å². The van der Waals surface area contributed by atoms with Crippen molar-refractivity contribution >= 4 is 40.4 Å². The first-order valence-electron chi connectivity index (χ1n) is 8.57. The molecule has 160 valence electrons. The van der Waals surface area contributed by atoms with Crippen molar-refractivity contribution in [1.82, 2.24) is 19.8 Å². The first-order valence-corrected chi connectivity index (χ1v) is 9.65. The SMILES string of the molecule is COc1ccc(I)cc1-n1ccc(=O)n(CNC(=O)C(CC(=O)O)NC(C)=O)c1=O. The van der Waals surface area contributed by atoms with Crippen LogP contribution in [0.2, 0.25) is 0 Å².